The third-order valence-electron chi connectivity index (χ3n) is 2.59. The molecule has 3 rings (SSSR count). The van der Waals surface area contributed by atoms with E-state index in [0.717, 1.165) is 0 Å². The summed E-state index contributed by atoms with van der Waals surface area (Å²) in [6, 6.07) is 8.57. The molecule has 80 valence electrons. The van der Waals surface area contributed by atoms with Gasteiger partial charge in [0.15, 0.2) is 0 Å². The summed E-state index contributed by atoms with van der Waals surface area (Å²) in [6.45, 7) is 2.17. The molecule has 2 aromatic heterocycles. The summed E-state index contributed by atoms with van der Waals surface area (Å²) in [5, 5.41) is 0. The number of fused-ring (bicyclic) bond motifs is 1. The molecule has 0 bridgehead atoms. The van der Waals surface area contributed by atoms with Gasteiger partial charge in [-0.15, -0.1) is 0 Å². The van der Waals surface area contributed by atoms with Crippen LogP contribution in [0.15, 0.2) is 36.7 Å². The number of rotatable bonds is 1. The summed E-state index contributed by atoms with van der Waals surface area (Å²) in [7, 11) is 0. The topological polar surface area (TPSA) is 17.3 Å². The van der Waals surface area contributed by atoms with Gasteiger partial charge in [0.1, 0.15) is 0 Å². The Morgan fingerprint density at radius 3 is 2.88 bits per heavy atom. The van der Waals surface area contributed by atoms with Crippen LogP contribution in [-0.2, 0) is 0 Å². The molecule has 4 heteroatoms. The Bertz CT molecular complexity index is 654. The molecule has 0 fully saturated rings. The maximum absolute atomic E-state index is 4.40. The fraction of sp³-hybridized carbons (Fsp3) is 0.0833. The number of nitrogens with zero attached hydrogens (tertiary/aromatic N) is 2. The van der Waals surface area contributed by atoms with E-state index in [1.54, 1.807) is 0 Å². The van der Waals surface area contributed by atoms with E-state index in [1.165, 1.54) is 23.8 Å². The first-order chi connectivity index (χ1) is 7.77. The number of imidazole rings is 1. The van der Waals surface area contributed by atoms with Gasteiger partial charge in [-0.05, 0) is 0 Å². The van der Waals surface area contributed by atoms with E-state index in [-0.39, 0.29) is 0 Å². The van der Waals surface area contributed by atoms with Crippen molar-refractivity contribution in [3.05, 3.63) is 45.9 Å². The van der Waals surface area contributed by atoms with Crippen molar-refractivity contribution in [2.45, 2.75) is 6.92 Å². The molecule has 0 aliphatic heterocycles. The molecule has 0 N–H and O–H groups in total. The molecule has 0 atom stereocenters. The zero-order valence-electron chi connectivity index (χ0n) is 8.64. The standard InChI is InChI=1S/C12H9IN2Se/c1-8-4-2-3-5-9(8)10-11(13)15-7-6-14-12(15)16-10/h2-7H,1H3. The van der Waals surface area contributed by atoms with Crippen molar-refractivity contribution >= 4 is 41.6 Å². The minimum atomic E-state index is 0.339. The molecule has 2 heterocycles. The first-order valence-corrected chi connectivity index (χ1v) is 7.74. The van der Waals surface area contributed by atoms with E-state index in [0.29, 0.717) is 14.5 Å². The zero-order valence-corrected chi connectivity index (χ0v) is 12.5. The van der Waals surface area contributed by atoms with Crippen LogP contribution in [-0.4, -0.2) is 23.9 Å². The zero-order chi connectivity index (χ0) is 11.1. The molecule has 0 spiro atoms. The Morgan fingerprint density at radius 2 is 2.12 bits per heavy atom. The van der Waals surface area contributed by atoms with Crippen molar-refractivity contribution in [2.24, 2.45) is 0 Å². The molecule has 0 amide bonds. The number of benzene rings is 1. The van der Waals surface area contributed by atoms with Gasteiger partial charge in [0.05, 0.1) is 0 Å². The van der Waals surface area contributed by atoms with Gasteiger partial charge in [0.2, 0.25) is 0 Å². The van der Waals surface area contributed by atoms with Crippen molar-refractivity contribution in [1.82, 2.24) is 9.38 Å². The summed E-state index contributed by atoms with van der Waals surface area (Å²) in [5.74, 6) is 0. The molecule has 0 aliphatic rings. The average Bonchev–Trinajstić information content (AvgIpc) is 2.83. The number of aryl methyl sites for hydroxylation is 1. The number of hydrogen-bond acceptors (Lipinski definition) is 1. The summed E-state index contributed by atoms with van der Waals surface area (Å²) in [4.78, 5) is 4.40. The van der Waals surface area contributed by atoms with Gasteiger partial charge >= 0.3 is 114 Å². The van der Waals surface area contributed by atoms with Gasteiger partial charge in [0, 0.05) is 0 Å². The first kappa shape index (κ1) is 10.6. The van der Waals surface area contributed by atoms with Crippen molar-refractivity contribution < 1.29 is 0 Å². The fourth-order valence-electron chi connectivity index (χ4n) is 1.75. The number of halogens is 1. The molecule has 0 radical (unpaired) electrons. The second-order valence-electron chi connectivity index (χ2n) is 3.62. The third kappa shape index (κ3) is 1.56. The van der Waals surface area contributed by atoms with E-state index in [9.17, 15) is 0 Å². The molecule has 16 heavy (non-hydrogen) atoms. The van der Waals surface area contributed by atoms with E-state index in [2.05, 4.69) is 63.2 Å². The van der Waals surface area contributed by atoms with Crippen LogP contribution in [0.4, 0.5) is 0 Å². The average molecular weight is 387 g/mol. The quantitative estimate of drug-likeness (QED) is 0.464. The monoisotopic (exact) mass is 388 g/mol. The molecular formula is C12H9IN2Se. The Hall–Kier alpha value is -0.581. The SMILES string of the molecule is Cc1ccccc1-c1[se]c2nccn2c1I. The second-order valence-corrected chi connectivity index (χ2v) is 6.69. The Balaban J connectivity index is 2.30. The Kier molecular flexibility index (Phi) is 2.65. The summed E-state index contributed by atoms with van der Waals surface area (Å²) in [6.07, 6.45) is 3.93. The number of hydrogen-bond donors (Lipinski definition) is 0. The second kappa shape index (κ2) is 4.02. The van der Waals surface area contributed by atoms with Crippen molar-refractivity contribution in [1.29, 1.82) is 0 Å². The third-order valence-corrected chi connectivity index (χ3v) is 6.78. The van der Waals surface area contributed by atoms with Crippen molar-refractivity contribution in [3.8, 4) is 10.0 Å². The molecule has 2 nitrogen and oxygen atoms in total. The molecule has 1 aromatic carbocycles. The first-order valence-electron chi connectivity index (χ1n) is 4.95. The van der Waals surface area contributed by atoms with Gasteiger partial charge in [0.25, 0.3) is 0 Å². The van der Waals surface area contributed by atoms with Crippen LogP contribution >= 0.6 is 22.6 Å². The van der Waals surface area contributed by atoms with Gasteiger partial charge in [-0.2, -0.15) is 0 Å². The van der Waals surface area contributed by atoms with Crippen LogP contribution in [0.1, 0.15) is 5.56 Å². The van der Waals surface area contributed by atoms with Gasteiger partial charge in [-0.1, -0.05) is 0 Å². The maximum atomic E-state index is 4.40. The molecule has 3 aromatic rings. The molecule has 0 unspecified atom stereocenters. The van der Waals surface area contributed by atoms with E-state index >= 15 is 0 Å². The number of aromatic nitrogens is 2. The van der Waals surface area contributed by atoms with Crippen LogP contribution < -0.4 is 0 Å². The van der Waals surface area contributed by atoms with Crippen molar-refractivity contribution in [2.75, 3.05) is 0 Å². The molecular weight excluding hydrogens is 378 g/mol. The minimum absolute atomic E-state index is 0.339. The Morgan fingerprint density at radius 1 is 1.31 bits per heavy atom. The summed E-state index contributed by atoms with van der Waals surface area (Å²) in [5.41, 5.74) is 2.72. The van der Waals surface area contributed by atoms with Crippen LogP contribution in [0, 0.1) is 10.6 Å². The fourth-order valence-corrected chi connectivity index (χ4v) is 5.61. The van der Waals surface area contributed by atoms with Crippen LogP contribution in [0.2, 0.25) is 0 Å². The van der Waals surface area contributed by atoms with Crippen LogP contribution in [0.3, 0.4) is 0 Å². The van der Waals surface area contributed by atoms with E-state index in [1.807, 2.05) is 12.4 Å². The molecule has 0 saturated heterocycles. The van der Waals surface area contributed by atoms with Gasteiger partial charge < -0.3 is 0 Å². The van der Waals surface area contributed by atoms with Crippen LogP contribution in [0.5, 0.6) is 0 Å². The van der Waals surface area contributed by atoms with Gasteiger partial charge in [-0.3, -0.25) is 0 Å². The van der Waals surface area contributed by atoms with E-state index in [4.69, 9.17) is 0 Å². The molecule has 0 saturated carbocycles. The van der Waals surface area contributed by atoms with Gasteiger partial charge in [-0.25, -0.2) is 0 Å². The predicted molar refractivity (Wildman–Crippen MR) is 75.0 cm³/mol. The molecule has 0 aliphatic carbocycles. The normalized spacial score (nSPS) is 11.1. The summed E-state index contributed by atoms with van der Waals surface area (Å²) >= 11 is 2.76. The summed E-state index contributed by atoms with van der Waals surface area (Å²) < 4.78 is 6.16. The van der Waals surface area contributed by atoms with Crippen LogP contribution in [0.25, 0.3) is 14.5 Å². The Labute approximate surface area is 113 Å². The van der Waals surface area contributed by atoms with Crippen molar-refractivity contribution in [3.63, 3.8) is 0 Å². The predicted octanol–water partition coefficient (Wildman–Crippen LogP) is 2.97. The van der Waals surface area contributed by atoms with E-state index < -0.39 is 0 Å².